The van der Waals surface area contributed by atoms with Crippen molar-refractivity contribution in [2.24, 2.45) is 0 Å². The third-order valence-corrected chi connectivity index (χ3v) is 6.39. The van der Waals surface area contributed by atoms with Crippen molar-refractivity contribution in [3.63, 3.8) is 0 Å². The summed E-state index contributed by atoms with van der Waals surface area (Å²) in [6.45, 7) is 7.41. The molecule has 0 aliphatic carbocycles. The number of fused-ring (bicyclic) bond motifs is 1. The molecule has 0 spiro atoms. The maximum Gasteiger partial charge on any atom is 0.318 e. The molecule has 6 heteroatoms. The van der Waals surface area contributed by atoms with Gasteiger partial charge in [-0.2, -0.15) is 0 Å². The molecule has 0 bridgehead atoms. The Morgan fingerprint density at radius 1 is 1.24 bits per heavy atom. The second kappa shape index (κ2) is 9.92. The van der Waals surface area contributed by atoms with E-state index in [1.807, 2.05) is 36.9 Å². The predicted octanol–water partition coefficient (Wildman–Crippen LogP) is 4.44. The zero-order valence-electron chi connectivity index (χ0n) is 17.6. The summed E-state index contributed by atoms with van der Waals surface area (Å²) in [7, 11) is 0. The Bertz CT molecular complexity index is 819. The third kappa shape index (κ3) is 4.99. The van der Waals surface area contributed by atoms with Crippen molar-refractivity contribution < 1.29 is 9.59 Å². The number of hydrogen-bond acceptors (Lipinski definition) is 3. The fraction of sp³-hybridized carbons (Fsp3) is 0.478. The summed E-state index contributed by atoms with van der Waals surface area (Å²) in [5.41, 5.74) is 2.33. The number of nitrogens with one attached hydrogen (secondary N) is 1. The van der Waals surface area contributed by atoms with Crippen LogP contribution in [-0.2, 0) is 11.2 Å². The molecule has 1 aliphatic heterocycles. The van der Waals surface area contributed by atoms with Crippen LogP contribution in [0.2, 0.25) is 0 Å². The highest BCUT2D eigenvalue weighted by Gasteiger charge is 2.34. The minimum absolute atomic E-state index is 0.00459. The van der Waals surface area contributed by atoms with Gasteiger partial charge >= 0.3 is 6.03 Å². The van der Waals surface area contributed by atoms with Crippen LogP contribution in [0.1, 0.15) is 55.7 Å². The Hall–Kier alpha value is -2.34. The van der Waals surface area contributed by atoms with Gasteiger partial charge in [-0.1, -0.05) is 43.7 Å². The van der Waals surface area contributed by atoms with Gasteiger partial charge in [0.15, 0.2) is 0 Å². The maximum atomic E-state index is 13.4. The number of thiophene rings is 1. The zero-order chi connectivity index (χ0) is 20.8. The average Bonchev–Trinajstić information content (AvgIpc) is 3.20. The third-order valence-electron chi connectivity index (χ3n) is 5.40. The number of hydrogen-bond donors (Lipinski definition) is 1. The summed E-state index contributed by atoms with van der Waals surface area (Å²) in [4.78, 5) is 30.9. The van der Waals surface area contributed by atoms with E-state index < -0.39 is 0 Å². The van der Waals surface area contributed by atoms with Gasteiger partial charge in [-0.05, 0) is 49.3 Å². The Balaban J connectivity index is 1.80. The number of urea groups is 1. The lowest BCUT2D eigenvalue weighted by atomic mass is 9.93. The van der Waals surface area contributed by atoms with Crippen LogP contribution in [0.15, 0.2) is 41.8 Å². The quantitative estimate of drug-likeness (QED) is 0.682. The Morgan fingerprint density at radius 2 is 2.00 bits per heavy atom. The molecule has 1 atom stereocenters. The second-order valence-electron chi connectivity index (χ2n) is 7.76. The monoisotopic (exact) mass is 413 g/mol. The molecular formula is C23H31N3O2S. The molecule has 0 radical (unpaired) electrons. The van der Waals surface area contributed by atoms with E-state index >= 15 is 0 Å². The van der Waals surface area contributed by atoms with Crippen molar-refractivity contribution in [3.05, 3.63) is 57.8 Å². The van der Waals surface area contributed by atoms with Crippen LogP contribution >= 0.6 is 11.3 Å². The molecule has 5 nitrogen and oxygen atoms in total. The maximum absolute atomic E-state index is 13.4. The Labute approximate surface area is 177 Å². The molecule has 0 saturated carbocycles. The number of rotatable bonds is 7. The molecule has 1 aliphatic rings. The lowest BCUT2D eigenvalue weighted by Gasteiger charge is -2.38. The minimum atomic E-state index is -0.161. The van der Waals surface area contributed by atoms with E-state index in [0.29, 0.717) is 13.1 Å². The molecular weight excluding hydrogens is 382 g/mol. The van der Waals surface area contributed by atoms with Crippen molar-refractivity contribution in [1.82, 2.24) is 15.1 Å². The highest BCUT2D eigenvalue weighted by Crippen LogP contribution is 2.37. The van der Waals surface area contributed by atoms with Gasteiger partial charge in [-0.3, -0.25) is 4.79 Å². The lowest BCUT2D eigenvalue weighted by molar-refractivity contribution is -0.134. The first-order chi connectivity index (χ1) is 14.0. The lowest BCUT2D eigenvalue weighted by Crippen LogP contribution is -2.51. The Kier molecular flexibility index (Phi) is 7.31. The first-order valence-corrected chi connectivity index (χ1v) is 11.4. The molecule has 0 saturated heterocycles. The first-order valence-electron chi connectivity index (χ1n) is 10.5. The van der Waals surface area contributed by atoms with Gasteiger partial charge in [0.25, 0.3) is 0 Å². The molecule has 3 amide bonds. The number of carbonyl (C=O) groups is 2. The van der Waals surface area contributed by atoms with Crippen molar-refractivity contribution in [1.29, 1.82) is 0 Å². The van der Waals surface area contributed by atoms with Crippen LogP contribution in [0.4, 0.5) is 4.79 Å². The number of amides is 3. The van der Waals surface area contributed by atoms with Crippen LogP contribution in [0.5, 0.6) is 0 Å². The topological polar surface area (TPSA) is 52.7 Å². The highest BCUT2D eigenvalue weighted by molar-refractivity contribution is 7.10. The van der Waals surface area contributed by atoms with E-state index in [4.69, 9.17) is 0 Å². The van der Waals surface area contributed by atoms with Crippen LogP contribution in [0.25, 0.3) is 0 Å². The highest BCUT2D eigenvalue weighted by atomic mass is 32.1. The van der Waals surface area contributed by atoms with E-state index in [9.17, 15) is 9.59 Å². The van der Waals surface area contributed by atoms with Crippen molar-refractivity contribution >= 4 is 23.3 Å². The molecule has 1 aromatic carbocycles. The van der Waals surface area contributed by atoms with E-state index in [2.05, 4.69) is 35.8 Å². The molecule has 3 rings (SSSR count). The molecule has 1 aromatic heterocycles. The molecule has 0 fully saturated rings. The van der Waals surface area contributed by atoms with E-state index in [1.165, 1.54) is 10.4 Å². The summed E-state index contributed by atoms with van der Waals surface area (Å²) < 4.78 is 0. The predicted molar refractivity (Wildman–Crippen MR) is 118 cm³/mol. The molecule has 156 valence electrons. The van der Waals surface area contributed by atoms with Crippen LogP contribution in [0.3, 0.4) is 0 Å². The van der Waals surface area contributed by atoms with Crippen molar-refractivity contribution in [2.45, 2.75) is 52.1 Å². The molecule has 2 aromatic rings. The number of carbonyl (C=O) groups excluding carboxylic acids is 2. The van der Waals surface area contributed by atoms with Gasteiger partial charge in [0.2, 0.25) is 5.91 Å². The normalized spacial score (nSPS) is 15.9. The van der Waals surface area contributed by atoms with Gasteiger partial charge in [-0.25, -0.2) is 4.79 Å². The van der Waals surface area contributed by atoms with Crippen molar-refractivity contribution in [2.75, 3.05) is 19.6 Å². The summed E-state index contributed by atoms with van der Waals surface area (Å²) in [6, 6.07) is 12.0. The van der Waals surface area contributed by atoms with Crippen LogP contribution in [-0.4, -0.2) is 47.4 Å². The van der Waals surface area contributed by atoms with Gasteiger partial charge in [0, 0.05) is 24.0 Å². The smallest absolute Gasteiger partial charge is 0.318 e. The van der Waals surface area contributed by atoms with Gasteiger partial charge in [0.05, 0.1) is 6.04 Å². The SMILES string of the molecule is CCCCNC(=O)N(CC(=O)N1CCc2sccc2[C@@H]1c1ccccc1)C(C)C. The first kappa shape index (κ1) is 21.4. The van der Waals surface area contributed by atoms with Crippen LogP contribution in [0, 0.1) is 0 Å². The average molecular weight is 414 g/mol. The number of nitrogens with zero attached hydrogens (tertiary/aromatic N) is 2. The summed E-state index contributed by atoms with van der Waals surface area (Å²) in [6.07, 6.45) is 2.83. The van der Waals surface area contributed by atoms with Gasteiger partial charge in [0.1, 0.15) is 6.54 Å². The van der Waals surface area contributed by atoms with E-state index in [1.54, 1.807) is 16.2 Å². The fourth-order valence-electron chi connectivity index (χ4n) is 3.78. The number of benzene rings is 1. The standard InChI is InChI=1S/C23H31N3O2S/c1-4-5-13-24-23(28)26(17(2)3)16-21(27)25-14-11-20-19(12-15-29-20)22(25)18-9-7-6-8-10-18/h6-10,12,15,17,22H,4-5,11,13-14,16H2,1-3H3,(H,24,28)/t22-/m0/s1. The summed E-state index contributed by atoms with van der Waals surface area (Å²) in [5, 5.41) is 5.05. The zero-order valence-corrected chi connectivity index (χ0v) is 18.4. The molecule has 29 heavy (non-hydrogen) atoms. The molecule has 2 heterocycles. The fourth-order valence-corrected chi connectivity index (χ4v) is 4.68. The van der Waals surface area contributed by atoms with E-state index in [-0.39, 0.29) is 30.6 Å². The largest absolute Gasteiger partial charge is 0.338 e. The summed E-state index contributed by atoms with van der Waals surface area (Å²) in [5.74, 6) is -0.00459. The molecule has 0 unspecified atom stereocenters. The number of unbranched alkanes of at least 4 members (excludes halogenated alkanes) is 1. The van der Waals surface area contributed by atoms with Crippen molar-refractivity contribution in [3.8, 4) is 0 Å². The van der Waals surface area contributed by atoms with E-state index in [0.717, 1.165) is 24.8 Å². The summed E-state index contributed by atoms with van der Waals surface area (Å²) >= 11 is 1.76. The van der Waals surface area contributed by atoms with Gasteiger partial charge in [-0.15, -0.1) is 11.3 Å². The Morgan fingerprint density at radius 3 is 2.69 bits per heavy atom. The second-order valence-corrected chi connectivity index (χ2v) is 8.76. The van der Waals surface area contributed by atoms with Gasteiger partial charge < -0.3 is 15.1 Å². The van der Waals surface area contributed by atoms with Crippen LogP contribution < -0.4 is 5.32 Å². The minimum Gasteiger partial charge on any atom is -0.338 e. The molecule has 1 N–H and O–H groups in total.